The van der Waals surface area contributed by atoms with Crippen LogP contribution in [0.15, 0.2) is 36.0 Å². The van der Waals surface area contributed by atoms with Crippen molar-refractivity contribution in [1.82, 2.24) is 15.0 Å². The van der Waals surface area contributed by atoms with Crippen LogP contribution in [0.4, 0.5) is 5.13 Å². The number of amides is 1. The zero-order valence-corrected chi connectivity index (χ0v) is 15.7. The van der Waals surface area contributed by atoms with Gasteiger partial charge < -0.3 is 9.47 Å². The summed E-state index contributed by atoms with van der Waals surface area (Å²) in [7, 11) is 0. The third-order valence-corrected chi connectivity index (χ3v) is 4.29. The normalized spacial score (nSPS) is 10.5. The quantitative estimate of drug-likeness (QED) is 0.598. The molecule has 28 heavy (non-hydrogen) atoms. The van der Waals surface area contributed by atoms with E-state index in [1.165, 1.54) is 12.4 Å². The Morgan fingerprint density at radius 1 is 1.14 bits per heavy atom. The molecule has 0 fully saturated rings. The summed E-state index contributed by atoms with van der Waals surface area (Å²) in [5, 5.41) is 4.47. The van der Waals surface area contributed by atoms with E-state index in [1.54, 1.807) is 30.5 Å². The molecule has 10 heteroatoms. The van der Waals surface area contributed by atoms with Crippen LogP contribution in [0.1, 0.15) is 23.0 Å². The van der Waals surface area contributed by atoms with Crippen molar-refractivity contribution in [3.05, 3.63) is 47.2 Å². The Hall–Kier alpha value is -3.40. The number of hydrogen-bond acceptors (Lipinski definition) is 9. The Bertz CT molecular complexity index is 1010. The summed E-state index contributed by atoms with van der Waals surface area (Å²) >= 11 is 1.16. The van der Waals surface area contributed by atoms with Gasteiger partial charge in [-0.05, 0) is 19.1 Å². The van der Waals surface area contributed by atoms with E-state index in [1.807, 2.05) is 0 Å². The number of carbonyl (C=O) groups is 3. The first-order valence-electron chi connectivity index (χ1n) is 8.33. The zero-order valence-electron chi connectivity index (χ0n) is 14.9. The van der Waals surface area contributed by atoms with Gasteiger partial charge in [-0.1, -0.05) is 6.07 Å². The first-order chi connectivity index (χ1) is 13.6. The van der Waals surface area contributed by atoms with Gasteiger partial charge in [-0.2, -0.15) is 0 Å². The Balaban J connectivity index is 1.55. The van der Waals surface area contributed by atoms with Gasteiger partial charge in [0.15, 0.2) is 11.7 Å². The van der Waals surface area contributed by atoms with E-state index in [0.29, 0.717) is 28.5 Å². The van der Waals surface area contributed by atoms with E-state index in [4.69, 9.17) is 9.47 Å². The molecule has 0 aliphatic heterocycles. The predicted octanol–water partition coefficient (Wildman–Crippen LogP) is 1.99. The first kappa shape index (κ1) is 19.4. The maximum absolute atomic E-state index is 12.3. The minimum absolute atomic E-state index is 0.0251. The lowest BCUT2D eigenvalue weighted by Crippen LogP contribution is -2.21. The van der Waals surface area contributed by atoms with Crippen LogP contribution in [0.25, 0.3) is 11.0 Å². The smallest absolute Gasteiger partial charge is 0.340 e. The molecule has 1 N–H and O–H groups in total. The largest absolute Gasteiger partial charge is 0.466 e. The molecule has 1 amide bonds. The highest BCUT2D eigenvalue weighted by atomic mass is 32.1. The molecule has 0 atom stereocenters. The fourth-order valence-corrected chi connectivity index (χ4v) is 3.05. The lowest BCUT2D eigenvalue weighted by atomic mass is 10.2. The number of hydrogen-bond donors (Lipinski definition) is 1. The molecule has 0 aliphatic rings. The third kappa shape index (κ3) is 4.86. The molecule has 0 aliphatic carbocycles. The van der Waals surface area contributed by atoms with Crippen molar-refractivity contribution in [3.8, 4) is 0 Å². The van der Waals surface area contributed by atoms with E-state index in [0.717, 1.165) is 11.3 Å². The van der Waals surface area contributed by atoms with Gasteiger partial charge in [0.2, 0.25) is 0 Å². The number of thiazole rings is 1. The number of fused-ring (bicyclic) bond motifs is 1. The number of nitrogens with one attached hydrogen (secondary N) is 1. The second-order valence-corrected chi connectivity index (χ2v) is 6.34. The molecule has 0 radical (unpaired) electrons. The summed E-state index contributed by atoms with van der Waals surface area (Å²) in [4.78, 5) is 48.1. The zero-order chi connectivity index (χ0) is 19.9. The maximum atomic E-state index is 12.3. The van der Waals surface area contributed by atoms with Crippen LogP contribution in [-0.2, 0) is 25.5 Å². The summed E-state index contributed by atoms with van der Waals surface area (Å²) in [6.45, 7) is 1.53. The van der Waals surface area contributed by atoms with Crippen LogP contribution in [0, 0.1) is 0 Å². The molecule has 9 nitrogen and oxygen atoms in total. The summed E-state index contributed by atoms with van der Waals surface area (Å²) in [6.07, 6.45) is 3.02. The van der Waals surface area contributed by atoms with Crippen LogP contribution in [0.2, 0.25) is 0 Å². The van der Waals surface area contributed by atoms with Crippen molar-refractivity contribution in [1.29, 1.82) is 0 Å². The monoisotopic (exact) mass is 400 g/mol. The van der Waals surface area contributed by atoms with Gasteiger partial charge in [-0.15, -0.1) is 11.3 Å². The van der Waals surface area contributed by atoms with Crippen molar-refractivity contribution in [3.63, 3.8) is 0 Å². The number of benzene rings is 1. The molecule has 3 rings (SSSR count). The maximum Gasteiger partial charge on any atom is 0.340 e. The summed E-state index contributed by atoms with van der Waals surface area (Å²) < 4.78 is 9.90. The molecule has 2 heterocycles. The van der Waals surface area contributed by atoms with E-state index in [-0.39, 0.29) is 12.0 Å². The van der Waals surface area contributed by atoms with Gasteiger partial charge in [-0.25, -0.2) is 9.78 Å². The average Bonchev–Trinajstić information content (AvgIpc) is 3.12. The van der Waals surface area contributed by atoms with Gasteiger partial charge in [-0.3, -0.25) is 24.9 Å². The Kier molecular flexibility index (Phi) is 6.22. The van der Waals surface area contributed by atoms with E-state index < -0.39 is 24.5 Å². The molecule has 1 aromatic carbocycles. The van der Waals surface area contributed by atoms with Crippen LogP contribution < -0.4 is 5.32 Å². The van der Waals surface area contributed by atoms with Crippen molar-refractivity contribution in [2.24, 2.45) is 0 Å². The van der Waals surface area contributed by atoms with Crippen molar-refractivity contribution < 1.29 is 23.9 Å². The number of aromatic nitrogens is 3. The highest BCUT2D eigenvalue weighted by Crippen LogP contribution is 2.17. The number of para-hydroxylation sites is 1. The Morgan fingerprint density at radius 2 is 1.96 bits per heavy atom. The lowest BCUT2D eigenvalue weighted by Gasteiger charge is -2.06. The lowest BCUT2D eigenvalue weighted by molar-refractivity contribution is -0.142. The Labute approximate surface area is 163 Å². The second kappa shape index (κ2) is 9.00. The van der Waals surface area contributed by atoms with Crippen molar-refractivity contribution in [2.45, 2.75) is 13.3 Å². The fraction of sp³-hybridized carbons (Fsp3) is 0.222. The summed E-state index contributed by atoms with van der Waals surface area (Å²) in [6, 6.07) is 4.94. The van der Waals surface area contributed by atoms with Crippen LogP contribution in [0.3, 0.4) is 0 Å². The highest BCUT2D eigenvalue weighted by molar-refractivity contribution is 7.13. The molecular weight excluding hydrogens is 384 g/mol. The van der Waals surface area contributed by atoms with Gasteiger partial charge >= 0.3 is 11.9 Å². The van der Waals surface area contributed by atoms with E-state index >= 15 is 0 Å². The topological polar surface area (TPSA) is 120 Å². The molecule has 0 spiro atoms. The third-order valence-electron chi connectivity index (χ3n) is 3.48. The van der Waals surface area contributed by atoms with Gasteiger partial charge in [0.1, 0.15) is 5.52 Å². The number of nitrogens with zero attached hydrogens (tertiary/aromatic N) is 3. The minimum atomic E-state index is -0.677. The number of rotatable bonds is 7. The van der Waals surface area contributed by atoms with E-state index in [2.05, 4.69) is 20.3 Å². The molecule has 0 bridgehead atoms. The number of carbonyl (C=O) groups excluding carboxylic acids is 3. The molecular formula is C18H16N4O5S. The molecule has 0 saturated heterocycles. The summed E-state index contributed by atoms with van der Waals surface area (Å²) in [5.74, 6) is -1.61. The first-order valence-corrected chi connectivity index (χ1v) is 9.21. The Morgan fingerprint density at radius 3 is 2.79 bits per heavy atom. The van der Waals surface area contributed by atoms with Gasteiger partial charge in [0.05, 0.1) is 29.8 Å². The standard InChI is InChI=1S/C18H16N4O5S/c1-2-26-15(24)8-11-10-28-18(21-11)22-14(23)9-27-17(25)12-4-3-5-13-16(12)20-7-6-19-13/h3-7,10H,2,8-9H2,1H3,(H,21,22,23). The number of esters is 2. The molecule has 144 valence electrons. The van der Waals surface area contributed by atoms with E-state index in [9.17, 15) is 14.4 Å². The highest BCUT2D eigenvalue weighted by Gasteiger charge is 2.16. The summed E-state index contributed by atoms with van der Waals surface area (Å²) in [5.41, 5.74) is 1.67. The molecule has 0 unspecified atom stereocenters. The number of ether oxygens (including phenoxy) is 2. The van der Waals surface area contributed by atoms with Crippen LogP contribution in [-0.4, -0.2) is 46.0 Å². The molecule has 2 aromatic heterocycles. The van der Waals surface area contributed by atoms with Crippen molar-refractivity contribution >= 4 is 45.3 Å². The van der Waals surface area contributed by atoms with Crippen LogP contribution >= 0.6 is 11.3 Å². The predicted molar refractivity (Wildman–Crippen MR) is 101 cm³/mol. The van der Waals surface area contributed by atoms with Gasteiger partial charge in [0.25, 0.3) is 5.91 Å². The molecule has 3 aromatic rings. The van der Waals surface area contributed by atoms with Crippen molar-refractivity contribution in [2.75, 3.05) is 18.5 Å². The minimum Gasteiger partial charge on any atom is -0.466 e. The second-order valence-electron chi connectivity index (χ2n) is 5.48. The van der Waals surface area contributed by atoms with Gasteiger partial charge in [0, 0.05) is 17.8 Å². The molecule has 0 saturated carbocycles. The fourth-order valence-electron chi connectivity index (χ4n) is 2.33. The number of anilines is 1. The SMILES string of the molecule is CCOC(=O)Cc1csc(NC(=O)COC(=O)c2cccc3nccnc23)n1. The average molecular weight is 400 g/mol. The van der Waals surface area contributed by atoms with Crippen LogP contribution in [0.5, 0.6) is 0 Å².